The minimum Gasteiger partial charge on any atom is -0.507 e. The van der Waals surface area contributed by atoms with Crippen LogP contribution in [0.2, 0.25) is 0 Å². The fraction of sp³-hybridized carbons (Fsp3) is 0.300. The van der Waals surface area contributed by atoms with E-state index in [4.69, 9.17) is 0 Å². The summed E-state index contributed by atoms with van der Waals surface area (Å²) in [5.41, 5.74) is -0.0222. The third-order valence-corrected chi connectivity index (χ3v) is 7.02. The molecule has 1 atom stereocenters. The predicted octanol–water partition coefficient (Wildman–Crippen LogP) is 4.64. The number of phenolic OH excluding ortho intramolecular Hbond substituents is 1. The van der Waals surface area contributed by atoms with Crippen LogP contribution in [0.5, 0.6) is 5.75 Å². The summed E-state index contributed by atoms with van der Waals surface area (Å²) in [6.07, 6.45) is 3.30. The monoisotopic (exact) mass is 562 g/mol. The molecule has 0 spiro atoms. The molecule has 1 N–H and O–H groups in total. The minimum absolute atomic E-state index is 0.0325. The maximum absolute atomic E-state index is 15.8. The van der Waals surface area contributed by atoms with E-state index in [0.29, 0.717) is 31.9 Å². The average molecular weight is 563 g/mol. The van der Waals surface area contributed by atoms with Gasteiger partial charge in [-0.25, -0.2) is 23.6 Å². The Morgan fingerprint density at radius 1 is 1.20 bits per heavy atom. The van der Waals surface area contributed by atoms with Gasteiger partial charge in [0, 0.05) is 38.9 Å². The smallest absolute Gasteiger partial charge is 0.246 e. The van der Waals surface area contributed by atoms with Gasteiger partial charge in [0.25, 0.3) is 0 Å². The van der Waals surface area contributed by atoms with Gasteiger partial charge < -0.3 is 14.9 Å². The van der Waals surface area contributed by atoms with Crippen molar-refractivity contribution >= 4 is 29.8 Å². The number of halogens is 2. The number of phenols is 1. The number of rotatable bonds is 7. The van der Waals surface area contributed by atoms with Gasteiger partial charge in [-0.1, -0.05) is 32.6 Å². The van der Waals surface area contributed by atoms with Crippen molar-refractivity contribution in [2.24, 2.45) is 4.99 Å². The Morgan fingerprint density at radius 3 is 2.56 bits per heavy atom. The third-order valence-electron chi connectivity index (χ3n) is 7.02. The normalized spacial score (nSPS) is 15.7. The molecule has 1 unspecified atom stereocenters. The second kappa shape index (κ2) is 12.2. The summed E-state index contributed by atoms with van der Waals surface area (Å²) in [7, 11) is 1.53. The molecule has 1 aliphatic heterocycles. The molecular weight excluding hydrogens is 530 g/mol. The molecule has 214 valence electrons. The highest BCUT2D eigenvalue weighted by molar-refractivity contribution is 6.06. The number of benzene rings is 1. The van der Waals surface area contributed by atoms with E-state index < -0.39 is 28.6 Å². The van der Waals surface area contributed by atoms with Crippen molar-refractivity contribution in [1.82, 2.24) is 19.8 Å². The number of nitrogens with zero attached hydrogens (tertiary/aromatic N) is 6. The van der Waals surface area contributed by atoms with Gasteiger partial charge in [0.2, 0.25) is 12.3 Å². The lowest BCUT2D eigenvalue weighted by Crippen LogP contribution is -2.55. The Kier molecular flexibility index (Phi) is 8.75. The highest BCUT2D eigenvalue weighted by atomic mass is 19.1. The maximum atomic E-state index is 15.8. The van der Waals surface area contributed by atoms with E-state index in [-0.39, 0.29) is 35.1 Å². The van der Waals surface area contributed by atoms with E-state index >= 15 is 4.39 Å². The molecule has 0 saturated carbocycles. The summed E-state index contributed by atoms with van der Waals surface area (Å²) in [6, 6.07) is 8.07. The molecule has 11 heteroatoms. The number of aromatic hydroxyl groups is 1. The second-order valence-electron chi connectivity index (χ2n) is 9.95. The molecule has 1 aromatic carbocycles. The average Bonchev–Trinajstić information content (AvgIpc) is 2.95. The Bertz CT molecular complexity index is 1490. The summed E-state index contributed by atoms with van der Waals surface area (Å²) in [5.74, 6) is -1.99. The van der Waals surface area contributed by atoms with Crippen molar-refractivity contribution in [3.05, 3.63) is 78.0 Å². The first-order chi connectivity index (χ1) is 19.6. The Hall–Kier alpha value is -4.67. The molecule has 1 aliphatic rings. The Balaban J connectivity index is 1.95. The van der Waals surface area contributed by atoms with E-state index in [1.807, 2.05) is 31.7 Å². The van der Waals surface area contributed by atoms with Gasteiger partial charge >= 0.3 is 0 Å². The van der Waals surface area contributed by atoms with Crippen LogP contribution in [-0.4, -0.2) is 75.8 Å². The fourth-order valence-corrected chi connectivity index (χ4v) is 5.02. The van der Waals surface area contributed by atoms with Crippen LogP contribution in [0.3, 0.4) is 0 Å². The van der Waals surface area contributed by atoms with Gasteiger partial charge in [0.15, 0.2) is 11.6 Å². The molecular formula is C30H32F2N6O3. The molecule has 1 fully saturated rings. The third kappa shape index (κ3) is 5.65. The van der Waals surface area contributed by atoms with Crippen LogP contribution in [0.1, 0.15) is 37.8 Å². The van der Waals surface area contributed by atoms with Crippen LogP contribution >= 0.6 is 0 Å². The van der Waals surface area contributed by atoms with Crippen molar-refractivity contribution < 1.29 is 23.5 Å². The van der Waals surface area contributed by atoms with E-state index in [2.05, 4.69) is 21.5 Å². The minimum atomic E-state index is -0.922. The molecule has 3 heterocycles. The Morgan fingerprint density at radius 2 is 1.95 bits per heavy atom. The number of carbonyl (C=O) groups excluding carboxylic acids is 2. The number of aromatic nitrogens is 2. The van der Waals surface area contributed by atoms with Crippen LogP contribution < -0.4 is 4.90 Å². The first-order valence-corrected chi connectivity index (χ1v) is 13.2. The molecule has 41 heavy (non-hydrogen) atoms. The first-order valence-electron chi connectivity index (χ1n) is 13.2. The fourth-order valence-electron chi connectivity index (χ4n) is 5.02. The van der Waals surface area contributed by atoms with E-state index in [1.54, 1.807) is 11.0 Å². The SMILES string of the molecule is C=CC(=O)N1CCN(/C(=N/C)c2cc(F)c(-c3c(O)cccc3F)nc2N(C=O)c2ncccc2C(C)C)C(C)C1. The second-order valence-corrected chi connectivity index (χ2v) is 9.95. The van der Waals surface area contributed by atoms with Gasteiger partial charge in [-0.05, 0) is 48.7 Å². The molecule has 3 aromatic rings. The van der Waals surface area contributed by atoms with E-state index in [1.165, 1.54) is 36.4 Å². The zero-order valence-corrected chi connectivity index (χ0v) is 23.4. The summed E-state index contributed by atoms with van der Waals surface area (Å²) >= 11 is 0. The number of aliphatic imine (C=N–C) groups is 1. The van der Waals surface area contributed by atoms with Crippen LogP contribution in [0.25, 0.3) is 11.3 Å². The molecule has 0 bridgehead atoms. The van der Waals surface area contributed by atoms with Crippen molar-refractivity contribution in [2.75, 3.05) is 31.6 Å². The van der Waals surface area contributed by atoms with Crippen molar-refractivity contribution in [3.8, 4) is 17.0 Å². The number of carbonyl (C=O) groups is 2. The number of hydrogen-bond donors (Lipinski definition) is 1. The summed E-state index contributed by atoms with van der Waals surface area (Å²) in [5, 5.41) is 10.4. The number of piperazine rings is 1. The summed E-state index contributed by atoms with van der Waals surface area (Å²) in [4.78, 5) is 43.0. The highest BCUT2D eigenvalue weighted by Crippen LogP contribution is 2.38. The molecule has 1 saturated heterocycles. The number of amidine groups is 1. The molecule has 0 aliphatic carbocycles. The molecule has 0 radical (unpaired) electrons. The zero-order valence-electron chi connectivity index (χ0n) is 23.4. The van der Waals surface area contributed by atoms with Gasteiger partial charge in [0.05, 0.1) is 11.1 Å². The number of hydrogen-bond acceptors (Lipinski definition) is 6. The van der Waals surface area contributed by atoms with Crippen molar-refractivity contribution in [1.29, 1.82) is 0 Å². The lowest BCUT2D eigenvalue weighted by atomic mass is 10.0. The topological polar surface area (TPSA) is 102 Å². The maximum Gasteiger partial charge on any atom is 0.246 e. The van der Waals surface area contributed by atoms with Crippen molar-refractivity contribution in [2.45, 2.75) is 32.7 Å². The zero-order chi connectivity index (χ0) is 29.8. The predicted molar refractivity (Wildman–Crippen MR) is 153 cm³/mol. The quantitative estimate of drug-likeness (QED) is 0.195. The largest absolute Gasteiger partial charge is 0.507 e. The molecule has 2 amide bonds. The standard InChI is InChI=1S/C30H32F2N6O3/c1-6-25(41)36-13-14-37(19(4)16-36)28(33-5)21-15-23(32)27(26-22(31)10-7-11-24(26)40)35-30(21)38(17-39)29-20(18(2)3)9-8-12-34-29/h6-12,15,17-19,40H,1,13-14,16H2,2-5H3/b33-28+. The first kappa shape index (κ1) is 29.3. The van der Waals surface area contributed by atoms with Crippen LogP contribution in [-0.2, 0) is 9.59 Å². The van der Waals surface area contributed by atoms with Crippen LogP contribution in [0.15, 0.2) is 60.2 Å². The Labute approximate surface area is 237 Å². The van der Waals surface area contributed by atoms with Crippen molar-refractivity contribution in [3.63, 3.8) is 0 Å². The number of anilines is 2. The lowest BCUT2D eigenvalue weighted by molar-refractivity contribution is -0.128. The van der Waals surface area contributed by atoms with Crippen LogP contribution in [0.4, 0.5) is 20.4 Å². The van der Waals surface area contributed by atoms with Gasteiger partial charge in [-0.15, -0.1) is 0 Å². The molecule has 2 aromatic heterocycles. The van der Waals surface area contributed by atoms with Gasteiger partial charge in [-0.2, -0.15) is 0 Å². The number of amides is 2. The van der Waals surface area contributed by atoms with E-state index in [9.17, 15) is 19.1 Å². The summed E-state index contributed by atoms with van der Waals surface area (Å²) in [6.45, 7) is 10.4. The summed E-state index contributed by atoms with van der Waals surface area (Å²) < 4.78 is 30.7. The van der Waals surface area contributed by atoms with E-state index in [0.717, 1.165) is 17.7 Å². The highest BCUT2D eigenvalue weighted by Gasteiger charge is 2.33. The molecule has 4 rings (SSSR count). The lowest BCUT2D eigenvalue weighted by Gasteiger charge is -2.41. The van der Waals surface area contributed by atoms with Crippen LogP contribution in [0, 0.1) is 11.6 Å². The number of pyridine rings is 2. The van der Waals surface area contributed by atoms with Gasteiger partial charge in [-0.3, -0.25) is 14.6 Å². The molecule has 9 nitrogen and oxygen atoms in total. The van der Waals surface area contributed by atoms with Gasteiger partial charge in [0.1, 0.15) is 28.9 Å².